The van der Waals surface area contributed by atoms with E-state index in [2.05, 4.69) is 5.32 Å². The molecule has 5 nitrogen and oxygen atoms in total. The molecule has 0 saturated heterocycles. The van der Waals surface area contributed by atoms with Crippen molar-refractivity contribution in [3.63, 3.8) is 0 Å². The molecular formula is C23H27Cl3N2O3. The molecule has 2 aromatic carbocycles. The molecule has 2 amide bonds. The Morgan fingerprint density at radius 3 is 2.26 bits per heavy atom. The summed E-state index contributed by atoms with van der Waals surface area (Å²) in [5, 5.41) is 4.33. The minimum Gasteiger partial charge on any atom is -0.484 e. The van der Waals surface area contributed by atoms with Gasteiger partial charge in [0.05, 0.1) is 10.0 Å². The zero-order chi connectivity index (χ0) is 23.3. The molecule has 0 aliphatic heterocycles. The lowest BCUT2D eigenvalue weighted by Crippen LogP contribution is -2.53. The van der Waals surface area contributed by atoms with Gasteiger partial charge in [-0.2, -0.15) is 0 Å². The molecule has 1 N–H and O–H groups in total. The lowest BCUT2D eigenvalue weighted by molar-refractivity contribution is -0.142. The number of benzene rings is 2. The Hall–Kier alpha value is -1.95. The number of hydrogen-bond acceptors (Lipinski definition) is 3. The monoisotopic (exact) mass is 484 g/mol. The van der Waals surface area contributed by atoms with E-state index < -0.39 is 11.6 Å². The fourth-order valence-electron chi connectivity index (χ4n) is 2.83. The van der Waals surface area contributed by atoms with Gasteiger partial charge in [0, 0.05) is 17.1 Å². The molecule has 0 fully saturated rings. The maximum Gasteiger partial charge on any atom is 0.261 e. The summed E-state index contributed by atoms with van der Waals surface area (Å²) in [5.41, 5.74) is 1.17. The van der Waals surface area contributed by atoms with Crippen LogP contribution in [-0.2, 0) is 16.1 Å². The first-order valence-electron chi connectivity index (χ1n) is 9.82. The van der Waals surface area contributed by atoms with Crippen LogP contribution in [-0.4, -0.2) is 34.9 Å². The summed E-state index contributed by atoms with van der Waals surface area (Å²) >= 11 is 18.2. The number of ether oxygens (including phenoxy) is 1. The van der Waals surface area contributed by atoms with Gasteiger partial charge in [0.25, 0.3) is 5.91 Å². The van der Waals surface area contributed by atoms with Gasteiger partial charge < -0.3 is 15.0 Å². The highest BCUT2D eigenvalue weighted by Crippen LogP contribution is 2.24. The zero-order valence-electron chi connectivity index (χ0n) is 18.3. The number of rotatable bonds is 7. The number of carbonyl (C=O) groups is 2. The average Bonchev–Trinajstić information content (AvgIpc) is 2.67. The Balaban J connectivity index is 2.21. The largest absolute Gasteiger partial charge is 0.484 e. The number of amides is 2. The van der Waals surface area contributed by atoms with Crippen LogP contribution in [0.15, 0.2) is 36.4 Å². The summed E-state index contributed by atoms with van der Waals surface area (Å²) in [6.07, 6.45) is 0. The van der Waals surface area contributed by atoms with E-state index in [1.807, 2.05) is 27.7 Å². The SMILES string of the molecule is Cc1cc(OCC(=O)N(Cc2ccc(Cl)c(Cl)c2)[C@H](C)C(=O)NC(C)(C)C)ccc1Cl. The molecule has 0 heterocycles. The van der Waals surface area contributed by atoms with E-state index >= 15 is 0 Å². The normalized spacial score (nSPS) is 12.3. The quantitative estimate of drug-likeness (QED) is 0.550. The molecule has 0 aromatic heterocycles. The van der Waals surface area contributed by atoms with Crippen molar-refractivity contribution < 1.29 is 14.3 Å². The van der Waals surface area contributed by atoms with Crippen LogP contribution in [0.4, 0.5) is 0 Å². The summed E-state index contributed by atoms with van der Waals surface area (Å²) in [5.74, 6) is -0.0741. The summed E-state index contributed by atoms with van der Waals surface area (Å²) in [6.45, 7) is 9.14. The first-order valence-corrected chi connectivity index (χ1v) is 10.9. The Labute approximate surface area is 198 Å². The van der Waals surface area contributed by atoms with Crippen molar-refractivity contribution in [1.29, 1.82) is 0 Å². The van der Waals surface area contributed by atoms with Crippen LogP contribution >= 0.6 is 34.8 Å². The molecule has 31 heavy (non-hydrogen) atoms. The number of nitrogens with zero attached hydrogens (tertiary/aromatic N) is 1. The third kappa shape index (κ3) is 7.60. The molecule has 0 radical (unpaired) electrons. The van der Waals surface area contributed by atoms with Crippen LogP contribution in [0, 0.1) is 6.92 Å². The van der Waals surface area contributed by atoms with Crippen molar-refractivity contribution >= 4 is 46.6 Å². The molecule has 0 bridgehead atoms. The van der Waals surface area contributed by atoms with Gasteiger partial charge in [0.2, 0.25) is 5.91 Å². The van der Waals surface area contributed by atoms with Crippen LogP contribution in [0.25, 0.3) is 0 Å². The van der Waals surface area contributed by atoms with E-state index in [1.54, 1.807) is 43.3 Å². The third-order valence-corrected chi connectivity index (χ3v) is 5.66. The Bertz CT molecular complexity index is 958. The molecule has 0 aliphatic carbocycles. The van der Waals surface area contributed by atoms with E-state index in [-0.39, 0.29) is 25.0 Å². The molecule has 0 aliphatic rings. The fourth-order valence-corrected chi connectivity index (χ4v) is 3.26. The maximum absolute atomic E-state index is 13.1. The second-order valence-electron chi connectivity index (χ2n) is 8.38. The van der Waals surface area contributed by atoms with Crippen LogP contribution in [0.3, 0.4) is 0 Å². The maximum atomic E-state index is 13.1. The van der Waals surface area contributed by atoms with Gasteiger partial charge in [-0.25, -0.2) is 0 Å². The number of aryl methyl sites for hydroxylation is 1. The van der Waals surface area contributed by atoms with Crippen LogP contribution in [0.5, 0.6) is 5.75 Å². The molecule has 168 valence electrons. The van der Waals surface area contributed by atoms with Crippen molar-refractivity contribution in [2.45, 2.75) is 52.7 Å². The minimum absolute atomic E-state index is 0.178. The summed E-state index contributed by atoms with van der Waals surface area (Å²) in [7, 11) is 0. The van der Waals surface area contributed by atoms with E-state index in [4.69, 9.17) is 39.5 Å². The summed E-state index contributed by atoms with van der Waals surface area (Å²) < 4.78 is 5.67. The van der Waals surface area contributed by atoms with Crippen molar-refractivity contribution in [1.82, 2.24) is 10.2 Å². The first kappa shape index (κ1) is 25.3. The first-order chi connectivity index (χ1) is 14.4. The summed E-state index contributed by atoms with van der Waals surface area (Å²) in [4.78, 5) is 27.3. The van der Waals surface area contributed by atoms with Crippen molar-refractivity contribution in [2.24, 2.45) is 0 Å². The lowest BCUT2D eigenvalue weighted by Gasteiger charge is -2.31. The molecule has 0 unspecified atom stereocenters. The van der Waals surface area contributed by atoms with Crippen molar-refractivity contribution in [3.05, 3.63) is 62.6 Å². The predicted octanol–water partition coefficient (Wildman–Crippen LogP) is 5.67. The minimum atomic E-state index is -0.725. The number of hydrogen-bond donors (Lipinski definition) is 1. The summed E-state index contributed by atoms with van der Waals surface area (Å²) in [6, 6.07) is 9.56. The molecule has 2 rings (SSSR count). The topological polar surface area (TPSA) is 58.6 Å². The zero-order valence-corrected chi connectivity index (χ0v) is 20.5. The van der Waals surface area contributed by atoms with Crippen molar-refractivity contribution in [3.8, 4) is 5.75 Å². The number of halogens is 3. The molecular weight excluding hydrogens is 459 g/mol. The van der Waals surface area contributed by atoms with E-state index in [0.717, 1.165) is 11.1 Å². The standard InChI is InChI=1S/C23H27Cl3N2O3/c1-14-10-17(7-9-18(14)24)31-13-21(29)28(15(2)22(30)27-23(3,4)5)12-16-6-8-19(25)20(26)11-16/h6-11,15H,12-13H2,1-5H3,(H,27,30)/t15-/m1/s1. The fraction of sp³-hybridized carbons (Fsp3) is 0.391. The second-order valence-corrected chi connectivity index (χ2v) is 9.61. The molecule has 0 saturated carbocycles. The highest BCUT2D eigenvalue weighted by molar-refractivity contribution is 6.42. The van der Waals surface area contributed by atoms with E-state index in [0.29, 0.717) is 20.8 Å². The van der Waals surface area contributed by atoms with Gasteiger partial charge in [0.15, 0.2) is 6.61 Å². The van der Waals surface area contributed by atoms with Gasteiger partial charge >= 0.3 is 0 Å². The third-order valence-electron chi connectivity index (χ3n) is 4.49. The smallest absolute Gasteiger partial charge is 0.261 e. The van der Waals surface area contributed by atoms with Crippen LogP contribution in [0.2, 0.25) is 15.1 Å². The predicted molar refractivity (Wildman–Crippen MR) is 126 cm³/mol. The molecule has 8 heteroatoms. The highest BCUT2D eigenvalue weighted by atomic mass is 35.5. The van der Waals surface area contributed by atoms with E-state index in [9.17, 15) is 9.59 Å². The van der Waals surface area contributed by atoms with Gasteiger partial charge in [0.1, 0.15) is 11.8 Å². The lowest BCUT2D eigenvalue weighted by atomic mass is 10.1. The van der Waals surface area contributed by atoms with Gasteiger partial charge in [-0.05, 0) is 76.1 Å². The molecule has 2 aromatic rings. The van der Waals surface area contributed by atoms with E-state index in [1.165, 1.54) is 4.90 Å². The van der Waals surface area contributed by atoms with Crippen LogP contribution in [0.1, 0.15) is 38.8 Å². The second kappa shape index (κ2) is 10.6. The Morgan fingerprint density at radius 2 is 1.68 bits per heavy atom. The van der Waals surface area contributed by atoms with Gasteiger partial charge in [-0.1, -0.05) is 40.9 Å². The Kier molecular flexibility index (Phi) is 8.64. The molecule has 1 atom stereocenters. The molecule has 0 spiro atoms. The van der Waals surface area contributed by atoms with Crippen molar-refractivity contribution in [2.75, 3.05) is 6.61 Å². The van der Waals surface area contributed by atoms with Gasteiger partial charge in [-0.15, -0.1) is 0 Å². The average molecular weight is 486 g/mol. The Morgan fingerprint density at radius 1 is 1.03 bits per heavy atom. The van der Waals surface area contributed by atoms with Crippen LogP contribution < -0.4 is 10.1 Å². The number of carbonyl (C=O) groups excluding carboxylic acids is 2. The number of nitrogens with one attached hydrogen (secondary N) is 1. The van der Waals surface area contributed by atoms with Gasteiger partial charge in [-0.3, -0.25) is 9.59 Å². The highest BCUT2D eigenvalue weighted by Gasteiger charge is 2.28.